The van der Waals surface area contributed by atoms with Gasteiger partial charge in [0.2, 0.25) is 6.04 Å². The van der Waals surface area contributed by atoms with Gasteiger partial charge in [0.05, 0.1) is 12.6 Å². The molecule has 0 aromatic heterocycles. The van der Waals surface area contributed by atoms with E-state index in [1.807, 2.05) is 30.3 Å². The van der Waals surface area contributed by atoms with Crippen LogP contribution < -0.4 is 0 Å². The molecule has 1 N–H and O–H groups in total. The van der Waals surface area contributed by atoms with Crippen molar-refractivity contribution >= 4 is 6.09 Å². The molecule has 0 bridgehead atoms. The van der Waals surface area contributed by atoms with Crippen LogP contribution in [0.2, 0.25) is 0 Å². The van der Waals surface area contributed by atoms with Crippen LogP contribution in [-0.2, 0) is 0 Å². The van der Waals surface area contributed by atoms with Crippen LogP contribution in [0.1, 0.15) is 24.4 Å². The molecule has 96 valence electrons. The Hall–Kier alpha value is -2.11. The quantitative estimate of drug-likeness (QED) is 0.643. The van der Waals surface area contributed by atoms with Crippen LogP contribution in [0.3, 0.4) is 0 Å². The second-order valence-corrected chi connectivity index (χ2v) is 4.38. The molecule has 2 atom stereocenters. The number of nitrogens with zero attached hydrogens (tertiary/aromatic N) is 2. The lowest BCUT2D eigenvalue weighted by atomic mass is 9.93. The van der Waals surface area contributed by atoms with Crippen molar-refractivity contribution in [1.82, 2.24) is 4.90 Å². The van der Waals surface area contributed by atoms with E-state index in [4.69, 9.17) is 0 Å². The molecule has 0 aliphatic carbocycles. The van der Waals surface area contributed by atoms with Gasteiger partial charge >= 0.3 is 6.09 Å². The monoisotopic (exact) mass is 250 g/mol. The molecule has 0 saturated carbocycles. The third kappa shape index (κ3) is 2.42. The number of carbonyl (C=O) groups is 1. The molecule has 1 amide bonds. The van der Waals surface area contributed by atoms with E-state index in [0.717, 1.165) is 5.56 Å². The lowest BCUT2D eigenvalue weighted by molar-refractivity contribution is -0.526. The third-order valence-corrected chi connectivity index (χ3v) is 3.29. The summed E-state index contributed by atoms with van der Waals surface area (Å²) < 4.78 is 0. The summed E-state index contributed by atoms with van der Waals surface area (Å²) in [7, 11) is 0. The fraction of sp³-hybridized carbons (Fsp3) is 0.417. The second-order valence-electron chi connectivity index (χ2n) is 4.38. The Morgan fingerprint density at radius 3 is 2.56 bits per heavy atom. The predicted octanol–water partition coefficient (Wildman–Crippen LogP) is 2.15. The highest BCUT2D eigenvalue weighted by atomic mass is 16.6. The molecule has 2 unspecified atom stereocenters. The summed E-state index contributed by atoms with van der Waals surface area (Å²) in [5, 5.41) is 19.9. The van der Waals surface area contributed by atoms with Gasteiger partial charge in [0.1, 0.15) is 0 Å². The average molecular weight is 250 g/mol. The topological polar surface area (TPSA) is 83.7 Å². The van der Waals surface area contributed by atoms with Crippen LogP contribution >= 0.6 is 0 Å². The number of hydrogen-bond donors (Lipinski definition) is 1. The van der Waals surface area contributed by atoms with Gasteiger partial charge in [0.15, 0.2) is 0 Å². The van der Waals surface area contributed by atoms with Gasteiger partial charge in [-0.3, -0.25) is 15.0 Å². The van der Waals surface area contributed by atoms with E-state index in [0.29, 0.717) is 12.8 Å². The fourth-order valence-corrected chi connectivity index (χ4v) is 2.36. The zero-order chi connectivity index (χ0) is 13.1. The molecule has 1 aliphatic heterocycles. The van der Waals surface area contributed by atoms with Crippen molar-refractivity contribution in [1.29, 1.82) is 0 Å². The Bertz CT molecular complexity index is 449. The standard InChI is InChI=1S/C12H14N2O4/c15-12(16)13-8-10(14(17)18)6-7-11(13)9-4-2-1-3-5-9/h1-5,10-11H,6-8H2,(H,15,16). The molecule has 1 saturated heterocycles. The lowest BCUT2D eigenvalue weighted by Gasteiger charge is -2.34. The highest BCUT2D eigenvalue weighted by molar-refractivity contribution is 5.66. The van der Waals surface area contributed by atoms with Gasteiger partial charge in [-0.25, -0.2) is 4.79 Å². The Labute approximate surface area is 104 Å². The van der Waals surface area contributed by atoms with E-state index in [1.54, 1.807) is 0 Å². The van der Waals surface area contributed by atoms with E-state index >= 15 is 0 Å². The van der Waals surface area contributed by atoms with Gasteiger partial charge in [-0.05, 0) is 12.0 Å². The van der Waals surface area contributed by atoms with Crippen molar-refractivity contribution < 1.29 is 14.8 Å². The summed E-state index contributed by atoms with van der Waals surface area (Å²) in [6.45, 7) is -0.0398. The Morgan fingerprint density at radius 1 is 1.33 bits per heavy atom. The summed E-state index contributed by atoms with van der Waals surface area (Å²) in [4.78, 5) is 22.7. The van der Waals surface area contributed by atoms with Crippen molar-refractivity contribution in [3.63, 3.8) is 0 Å². The Balaban J connectivity index is 2.21. The van der Waals surface area contributed by atoms with Crippen molar-refractivity contribution in [2.24, 2.45) is 0 Å². The first-order valence-corrected chi connectivity index (χ1v) is 5.77. The molecule has 6 heteroatoms. The molecule has 1 aromatic carbocycles. The highest BCUT2D eigenvalue weighted by Crippen LogP contribution is 2.31. The molecule has 1 aromatic rings. The summed E-state index contributed by atoms with van der Waals surface area (Å²) in [6, 6.07) is 8.18. The van der Waals surface area contributed by atoms with Crippen LogP contribution in [0.15, 0.2) is 30.3 Å². The summed E-state index contributed by atoms with van der Waals surface area (Å²) >= 11 is 0. The number of piperidine rings is 1. The number of hydrogen-bond acceptors (Lipinski definition) is 3. The maximum Gasteiger partial charge on any atom is 0.408 e. The van der Waals surface area contributed by atoms with Gasteiger partial charge in [-0.2, -0.15) is 0 Å². The second kappa shape index (κ2) is 5.03. The molecule has 18 heavy (non-hydrogen) atoms. The molecule has 0 radical (unpaired) electrons. The predicted molar refractivity (Wildman–Crippen MR) is 63.9 cm³/mol. The lowest BCUT2D eigenvalue weighted by Crippen LogP contribution is -2.46. The van der Waals surface area contributed by atoms with Crippen LogP contribution in [0.25, 0.3) is 0 Å². The molecule has 1 heterocycles. The van der Waals surface area contributed by atoms with Gasteiger partial charge in [0, 0.05) is 11.3 Å². The first-order valence-electron chi connectivity index (χ1n) is 5.77. The molecular weight excluding hydrogens is 236 g/mol. The van der Waals surface area contributed by atoms with Crippen LogP contribution in [0.5, 0.6) is 0 Å². The molecular formula is C12H14N2O4. The van der Waals surface area contributed by atoms with E-state index in [2.05, 4.69) is 0 Å². The van der Waals surface area contributed by atoms with Crippen molar-refractivity contribution in [2.75, 3.05) is 6.54 Å². The number of benzene rings is 1. The van der Waals surface area contributed by atoms with Crippen molar-refractivity contribution in [3.8, 4) is 0 Å². The summed E-state index contributed by atoms with van der Waals surface area (Å²) in [5.41, 5.74) is 0.890. The number of nitro groups is 1. The van der Waals surface area contributed by atoms with Gasteiger partial charge < -0.3 is 5.11 Å². The first kappa shape index (κ1) is 12.3. The average Bonchev–Trinajstić information content (AvgIpc) is 2.39. The molecule has 0 spiro atoms. The first-order chi connectivity index (χ1) is 8.59. The van der Waals surface area contributed by atoms with Gasteiger partial charge in [-0.1, -0.05) is 30.3 Å². The van der Waals surface area contributed by atoms with E-state index in [9.17, 15) is 20.0 Å². The van der Waals surface area contributed by atoms with Gasteiger partial charge in [-0.15, -0.1) is 0 Å². The molecule has 6 nitrogen and oxygen atoms in total. The SMILES string of the molecule is O=C(O)N1CC([N+](=O)[O-])CCC1c1ccccc1. The van der Waals surface area contributed by atoms with Crippen LogP contribution in [0.4, 0.5) is 4.79 Å². The van der Waals surface area contributed by atoms with E-state index in [-0.39, 0.29) is 12.6 Å². The number of amides is 1. The van der Waals surface area contributed by atoms with Crippen molar-refractivity contribution in [3.05, 3.63) is 46.0 Å². The third-order valence-electron chi connectivity index (χ3n) is 3.29. The summed E-state index contributed by atoms with van der Waals surface area (Å²) in [6.07, 6.45) is -0.200. The maximum atomic E-state index is 11.2. The normalized spacial score (nSPS) is 23.7. The molecule has 1 aliphatic rings. The highest BCUT2D eigenvalue weighted by Gasteiger charge is 2.37. The minimum atomic E-state index is -1.10. The number of carboxylic acid groups (broad SMARTS) is 1. The minimum Gasteiger partial charge on any atom is -0.465 e. The molecule has 1 fully saturated rings. The fourth-order valence-electron chi connectivity index (χ4n) is 2.36. The zero-order valence-electron chi connectivity index (χ0n) is 9.73. The Morgan fingerprint density at radius 2 is 2.00 bits per heavy atom. The van der Waals surface area contributed by atoms with Crippen LogP contribution in [-0.4, -0.2) is 33.6 Å². The zero-order valence-corrected chi connectivity index (χ0v) is 9.73. The van der Waals surface area contributed by atoms with E-state index in [1.165, 1.54) is 4.90 Å². The number of rotatable bonds is 2. The largest absolute Gasteiger partial charge is 0.465 e. The molecule has 2 rings (SSSR count). The number of likely N-dealkylation sites (tertiary alicyclic amines) is 1. The van der Waals surface area contributed by atoms with Crippen molar-refractivity contribution in [2.45, 2.75) is 24.9 Å². The smallest absolute Gasteiger partial charge is 0.408 e. The van der Waals surface area contributed by atoms with Crippen LogP contribution in [0, 0.1) is 10.1 Å². The summed E-state index contributed by atoms with van der Waals surface area (Å²) in [5.74, 6) is 0. The van der Waals surface area contributed by atoms with Gasteiger partial charge in [0.25, 0.3) is 0 Å². The Kier molecular flexibility index (Phi) is 3.45. The maximum absolute atomic E-state index is 11.2. The van der Waals surface area contributed by atoms with E-state index < -0.39 is 17.1 Å². The minimum absolute atomic E-state index is 0.0398.